The molecule has 9 heteroatoms. The molecule has 1 fully saturated rings. The number of carbonyl (C=O) groups excluding carboxylic acids is 1. The van der Waals surface area contributed by atoms with Gasteiger partial charge < -0.3 is 19.5 Å². The van der Waals surface area contributed by atoms with E-state index in [1.165, 1.54) is 7.11 Å². The molecular formula is C17H20F3NO5. The lowest BCUT2D eigenvalue weighted by atomic mass is 9.86. The van der Waals surface area contributed by atoms with Crippen molar-refractivity contribution in [3.63, 3.8) is 0 Å². The second kappa shape index (κ2) is 7.84. The number of nitrogens with zero attached hydrogens (tertiary/aromatic N) is 1. The Hall–Kier alpha value is -2.45. The summed E-state index contributed by atoms with van der Waals surface area (Å²) < 4.78 is 49.8. The fraction of sp³-hybridized carbons (Fsp3) is 0.529. The topological polar surface area (TPSA) is 76.1 Å². The van der Waals surface area contributed by atoms with Crippen molar-refractivity contribution in [2.45, 2.75) is 25.4 Å². The van der Waals surface area contributed by atoms with E-state index in [0.29, 0.717) is 17.9 Å². The zero-order valence-electron chi connectivity index (χ0n) is 14.2. The van der Waals surface area contributed by atoms with Gasteiger partial charge in [0.1, 0.15) is 11.5 Å². The molecule has 2 rings (SSSR count). The van der Waals surface area contributed by atoms with E-state index in [0.717, 1.165) is 4.90 Å². The van der Waals surface area contributed by atoms with Crippen molar-refractivity contribution in [1.82, 2.24) is 4.90 Å². The first-order valence-electron chi connectivity index (χ1n) is 8.04. The summed E-state index contributed by atoms with van der Waals surface area (Å²) in [6.07, 6.45) is -5.22. The summed E-state index contributed by atoms with van der Waals surface area (Å²) in [5.41, 5.74) is -2.87. The summed E-state index contributed by atoms with van der Waals surface area (Å²) in [5.74, 6) is -1.19. The summed E-state index contributed by atoms with van der Waals surface area (Å²) in [4.78, 5) is 24.2. The molecule has 0 radical (unpaired) electrons. The molecule has 1 aromatic rings. The molecule has 1 heterocycles. The third kappa shape index (κ3) is 4.20. The molecule has 1 aromatic carbocycles. The van der Waals surface area contributed by atoms with Crippen molar-refractivity contribution in [3.05, 3.63) is 24.3 Å². The van der Waals surface area contributed by atoms with Crippen molar-refractivity contribution < 1.29 is 37.3 Å². The molecule has 1 aliphatic rings. The summed E-state index contributed by atoms with van der Waals surface area (Å²) in [5, 5.41) is 8.99. The van der Waals surface area contributed by atoms with Crippen LogP contribution in [0.25, 0.3) is 0 Å². The average molecular weight is 375 g/mol. The number of carbonyl (C=O) groups is 2. The van der Waals surface area contributed by atoms with Crippen molar-refractivity contribution in [2.75, 3.05) is 26.8 Å². The highest BCUT2D eigenvalue weighted by Gasteiger charge is 2.64. The van der Waals surface area contributed by atoms with E-state index in [9.17, 15) is 22.8 Å². The number of hydrogen-bond acceptors (Lipinski definition) is 4. The van der Waals surface area contributed by atoms with Gasteiger partial charge in [-0.3, -0.25) is 9.59 Å². The number of halogens is 3. The zero-order valence-corrected chi connectivity index (χ0v) is 14.2. The van der Waals surface area contributed by atoms with E-state index in [4.69, 9.17) is 14.6 Å². The van der Waals surface area contributed by atoms with E-state index in [1.54, 1.807) is 24.3 Å². The Morgan fingerprint density at radius 2 is 1.85 bits per heavy atom. The van der Waals surface area contributed by atoms with Crippen LogP contribution in [-0.2, 0) is 9.59 Å². The SMILES string of the molecule is COc1ccc(OCCCC(=O)N2CCC(C(=O)O)(C(F)(F)F)C2)cc1. The largest absolute Gasteiger partial charge is 0.497 e. The molecule has 0 saturated carbocycles. The highest BCUT2D eigenvalue weighted by Crippen LogP contribution is 2.45. The molecule has 0 bridgehead atoms. The van der Waals surface area contributed by atoms with Gasteiger partial charge in [0.05, 0.1) is 13.7 Å². The maximum atomic E-state index is 13.1. The first-order chi connectivity index (χ1) is 12.2. The minimum atomic E-state index is -4.90. The number of aliphatic carboxylic acids is 1. The molecule has 26 heavy (non-hydrogen) atoms. The van der Waals surface area contributed by atoms with E-state index in [1.807, 2.05) is 0 Å². The lowest BCUT2D eigenvalue weighted by molar-refractivity contribution is -0.227. The van der Waals surface area contributed by atoms with Gasteiger partial charge in [0.2, 0.25) is 5.91 Å². The normalized spacial score (nSPS) is 20.1. The molecule has 0 aromatic heterocycles. The Morgan fingerprint density at radius 3 is 2.35 bits per heavy atom. The van der Waals surface area contributed by atoms with Gasteiger partial charge in [-0.05, 0) is 37.1 Å². The Morgan fingerprint density at radius 1 is 1.23 bits per heavy atom. The Bertz CT molecular complexity index is 647. The third-order valence-corrected chi connectivity index (χ3v) is 4.44. The summed E-state index contributed by atoms with van der Waals surface area (Å²) >= 11 is 0. The molecule has 1 N–H and O–H groups in total. The van der Waals surface area contributed by atoms with Crippen LogP contribution < -0.4 is 9.47 Å². The van der Waals surface area contributed by atoms with Crippen LogP contribution in [-0.4, -0.2) is 54.9 Å². The summed E-state index contributed by atoms with van der Waals surface area (Å²) in [6, 6.07) is 6.83. The second-order valence-corrected chi connectivity index (χ2v) is 6.08. The van der Waals surface area contributed by atoms with Crippen LogP contribution in [0, 0.1) is 5.41 Å². The van der Waals surface area contributed by atoms with Crippen LogP contribution in [0.2, 0.25) is 0 Å². The van der Waals surface area contributed by atoms with Crippen LogP contribution in [0.5, 0.6) is 11.5 Å². The molecule has 1 saturated heterocycles. The molecular weight excluding hydrogens is 355 g/mol. The molecule has 0 aliphatic carbocycles. The molecule has 1 amide bonds. The fourth-order valence-electron chi connectivity index (χ4n) is 2.79. The number of ether oxygens (including phenoxy) is 2. The number of benzene rings is 1. The third-order valence-electron chi connectivity index (χ3n) is 4.44. The zero-order chi connectivity index (χ0) is 19.4. The minimum absolute atomic E-state index is 0.0102. The standard InChI is InChI=1S/C17H20F3NO5/c1-25-12-4-6-13(7-5-12)26-10-2-3-14(22)21-9-8-16(11-21,15(23)24)17(18,19)20/h4-7H,2-3,8-11H2,1H3,(H,23,24). The number of hydrogen-bond donors (Lipinski definition) is 1. The second-order valence-electron chi connectivity index (χ2n) is 6.08. The van der Waals surface area contributed by atoms with Crippen molar-refractivity contribution in [3.8, 4) is 11.5 Å². The van der Waals surface area contributed by atoms with Crippen LogP contribution in [0.3, 0.4) is 0 Å². The fourth-order valence-corrected chi connectivity index (χ4v) is 2.79. The van der Waals surface area contributed by atoms with Crippen LogP contribution in [0.4, 0.5) is 13.2 Å². The van der Waals surface area contributed by atoms with Crippen molar-refractivity contribution in [1.29, 1.82) is 0 Å². The molecule has 1 aliphatic heterocycles. The summed E-state index contributed by atoms with van der Waals surface area (Å²) in [7, 11) is 1.54. The smallest absolute Gasteiger partial charge is 0.406 e. The van der Waals surface area contributed by atoms with E-state index in [2.05, 4.69) is 0 Å². The van der Waals surface area contributed by atoms with Gasteiger partial charge in [-0.1, -0.05) is 0 Å². The number of rotatable bonds is 7. The first kappa shape index (κ1) is 19.9. The quantitative estimate of drug-likeness (QED) is 0.742. The highest BCUT2D eigenvalue weighted by molar-refractivity contribution is 5.81. The van der Waals surface area contributed by atoms with Gasteiger partial charge in [-0.15, -0.1) is 0 Å². The minimum Gasteiger partial charge on any atom is -0.497 e. The van der Waals surface area contributed by atoms with Crippen molar-refractivity contribution in [2.24, 2.45) is 5.41 Å². The lowest BCUT2D eigenvalue weighted by Crippen LogP contribution is -2.47. The van der Waals surface area contributed by atoms with E-state index < -0.39 is 36.4 Å². The average Bonchev–Trinajstić information content (AvgIpc) is 3.06. The van der Waals surface area contributed by atoms with Crippen LogP contribution >= 0.6 is 0 Å². The number of amides is 1. The van der Waals surface area contributed by atoms with Gasteiger partial charge in [0.15, 0.2) is 5.41 Å². The number of alkyl halides is 3. The van der Waals surface area contributed by atoms with Crippen LogP contribution in [0.1, 0.15) is 19.3 Å². The predicted molar refractivity (Wildman–Crippen MR) is 85.0 cm³/mol. The Balaban J connectivity index is 1.80. The maximum absolute atomic E-state index is 13.1. The number of methoxy groups -OCH3 is 1. The molecule has 144 valence electrons. The van der Waals surface area contributed by atoms with Gasteiger partial charge in [0.25, 0.3) is 0 Å². The van der Waals surface area contributed by atoms with Crippen LogP contribution in [0.15, 0.2) is 24.3 Å². The highest BCUT2D eigenvalue weighted by atomic mass is 19.4. The number of carboxylic acids is 1. The van der Waals surface area contributed by atoms with E-state index >= 15 is 0 Å². The van der Waals surface area contributed by atoms with Gasteiger partial charge in [0, 0.05) is 19.5 Å². The summed E-state index contributed by atoms with van der Waals surface area (Å²) in [6.45, 7) is -0.844. The molecule has 1 unspecified atom stereocenters. The van der Waals surface area contributed by atoms with E-state index in [-0.39, 0.29) is 19.6 Å². The predicted octanol–water partition coefficient (Wildman–Crippen LogP) is 2.72. The van der Waals surface area contributed by atoms with Gasteiger partial charge in [-0.25, -0.2) is 0 Å². The number of carboxylic acid groups (broad SMARTS) is 1. The Kier molecular flexibility index (Phi) is 5.99. The van der Waals surface area contributed by atoms with Gasteiger partial charge >= 0.3 is 12.1 Å². The molecule has 0 spiro atoms. The maximum Gasteiger partial charge on any atom is 0.406 e. The van der Waals surface area contributed by atoms with Gasteiger partial charge in [-0.2, -0.15) is 13.2 Å². The molecule has 1 atom stereocenters. The Labute approximate surface area is 148 Å². The number of likely N-dealkylation sites (tertiary alicyclic amines) is 1. The lowest BCUT2D eigenvalue weighted by Gasteiger charge is -2.27. The van der Waals surface area contributed by atoms with Crippen molar-refractivity contribution >= 4 is 11.9 Å². The monoisotopic (exact) mass is 375 g/mol. The first-order valence-corrected chi connectivity index (χ1v) is 8.04. The molecule has 6 nitrogen and oxygen atoms in total.